The Hall–Kier alpha value is -1.71. The second-order valence-electron chi connectivity index (χ2n) is 9.56. The molecule has 1 aliphatic heterocycles. The lowest BCUT2D eigenvalue weighted by atomic mass is 9.79. The van der Waals surface area contributed by atoms with Crippen LogP contribution in [0.4, 0.5) is 0 Å². The zero-order valence-corrected chi connectivity index (χ0v) is 19.0. The van der Waals surface area contributed by atoms with E-state index in [4.69, 9.17) is 23.7 Å². The molecule has 9 nitrogen and oxygen atoms in total. The van der Waals surface area contributed by atoms with E-state index in [1.54, 1.807) is 41.5 Å². The van der Waals surface area contributed by atoms with Crippen LogP contribution in [0.3, 0.4) is 0 Å². The van der Waals surface area contributed by atoms with Crippen LogP contribution in [0.25, 0.3) is 0 Å². The summed E-state index contributed by atoms with van der Waals surface area (Å²) in [6.45, 7) is 15.1. The molecule has 0 aromatic rings. The Morgan fingerprint density at radius 2 is 1.45 bits per heavy atom. The standard InChI is InChI=1S/C20H34O9/c1-11-25-14(22)19(10,24)20(15(23)28-17(5,6)7)12(26-18(8,9)29-20)13(21)27-16(2,3)4/h12,24H,11H2,1-10H3/t12-,19-,20+/m0/s1. The molecule has 0 amide bonds. The van der Waals surface area contributed by atoms with E-state index in [1.165, 1.54) is 20.8 Å². The molecule has 1 fully saturated rings. The zero-order chi connectivity index (χ0) is 23.1. The summed E-state index contributed by atoms with van der Waals surface area (Å²) in [4.78, 5) is 38.9. The maximum absolute atomic E-state index is 13.3. The highest BCUT2D eigenvalue weighted by Crippen LogP contribution is 2.46. The predicted octanol–water partition coefficient (Wildman–Crippen LogP) is 1.87. The first-order valence-electron chi connectivity index (χ1n) is 9.53. The van der Waals surface area contributed by atoms with Crippen molar-refractivity contribution in [1.29, 1.82) is 0 Å². The van der Waals surface area contributed by atoms with Gasteiger partial charge in [0.05, 0.1) is 6.61 Å². The smallest absolute Gasteiger partial charge is 0.346 e. The summed E-state index contributed by atoms with van der Waals surface area (Å²) in [7, 11) is 0. The van der Waals surface area contributed by atoms with Crippen molar-refractivity contribution in [2.75, 3.05) is 6.61 Å². The highest BCUT2D eigenvalue weighted by molar-refractivity contribution is 5.98. The Kier molecular flexibility index (Phi) is 6.85. The molecule has 1 N–H and O–H groups in total. The number of hydrogen-bond donors (Lipinski definition) is 1. The van der Waals surface area contributed by atoms with Crippen LogP contribution in [0.5, 0.6) is 0 Å². The van der Waals surface area contributed by atoms with E-state index in [0.29, 0.717) is 0 Å². The van der Waals surface area contributed by atoms with Crippen LogP contribution < -0.4 is 0 Å². The van der Waals surface area contributed by atoms with Gasteiger partial charge in [-0.25, -0.2) is 14.4 Å². The van der Waals surface area contributed by atoms with Gasteiger partial charge >= 0.3 is 17.9 Å². The minimum absolute atomic E-state index is 0.0687. The third kappa shape index (κ3) is 5.46. The number of rotatable bonds is 5. The summed E-state index contributed by atoms with van der Waals surface area (Å²) in [5.41, 5.74) is -7.12. The van der Waals surface area contributed by atoms with E-state index in [-0.39, 0.29) is 6.61 Å². The van der Waals surface area contributed by atoms with Crippen molar-refractivity contribution in [2.45, 2.75) is 104 Å². The minimum Gasteiger partial charge on any atom is -0.464 e. The molecule has 0 aliphatic carbocycles. The fourth-order valence-electron chi connectivity index (χ4n) is 2.88. The SMILES string of the molecule is CCOC(=O)[C@](C)(O)[C@@]1(C(=O)OC(C)(C)C)OC(C)(C)O[C@H]1C(=O)OC(C)(C)C. The van der Waals surface area contributed by atoms with Gasteiger partial charge in [-0.05, 0) is 69.2 Å². The van der Waals surface area contributed by atoms with Gasteiger partial charge < -0.3 is 28.8 Å². The molecule has 1 rings (SSSR count). The molecule has 0 radical (unpaired) electrons. The molecule has 168 valence electrons. The molecule has 0 bridgehead atoms. The second kappa shape index (κ2) is 7.85. The second-order valence-corrected chi connectivity index (χ2v) is 9.56. The van der Waals surface area contributed by atoms with Crippen molar-refractivity contribution in [3.05, 3.63) is 0 Å². The molecule has 0 unspecified atom stereocenters. The predicted molar refractivity (Wildman–Crippen MR) is 102 cm³/mol. The summed E-state index contributed by atoms with van der Waals surface area (Å²) < 4.78 is 27.2. The van der Waals surface area contributed by atoms with Gasteiger partial charge in [-0.1, -0.05) is 0 Å². The minimum atomic E-state index is -2.62. The first-order chi connectivity index (χ1) is 12.8. The summed E-state index contributed by atoms with van der Waals surface area (Å²) in [5.74, 6) is -4.82. The number of ether oxygens (including phenoxy) is 5. The van der Waals surface area contributed by atoms with Crippen LogP contribution in [0.15, 0.2) is 0 Å². The third-order valence-corrected chi connectivity index (χ3v) is 3.90. The molecule has 1 heterocycles. The molecule has 1 aliphatic rings. The van der Waals surface area contributed by atoms with Crippen molar-refractivity contribution < 1.29 is 43.2 Å². The van der Waals surface area contributed by atoms with Gasteiger partial charge in [-0.2, -0.15) is 0 Å². The molecule has 0 aromatic carbocycles. The normalized spacial score (nSPS) is 26.4. The molecular formula is C20H34O9. The zero-order valence-electron chi connectivity index (χ0n) is 19.0. The largest absolute Gasteiger partial charge is 0.464 e. The summed E-state index contributed by atoms with van der Waals surface area (Å²) in [6.07, 6.45) is -1.79. The van der Waals surface area contributed by atoms with Crippen molar-refractivity contribution in [2.24, 2.45) is 0 Å². The summed E-state index contributed by atoms with van der Waals surface area (Å²) in [6, 6.07) is 0. The number of hydrogen-bond acceptors (Lipinski definition) is 9. The number of carbonyl (C=O) groups is 3. The van der Waals surface area contributed by atoms with Crippen LogP contribution in [0, 0.1) is 0 Å². The fourth-order valence-corrected chi connectivity index (χ4v) is 2.88. The maximum Gasteiger partial charge on any atom is 0.346 e. The topological polar surface area (TPSA) is 118 Å². The molecule has 0 spiro atoms. The maximum atomic E-state index is 13.3. The molecule has 1 saturated heterocycles. The van der Waals surface area contributed by atoms with Gasteiger partial charge in [0.2, 0.25) is 17.3 Å². The van der Waals surface area contributed by atoms with Crippen LogP contribution in [-0.2, 0) is 38.1 Å². The van der Waals surface area contributed by atoms with Crippen molar-refractivity contribution in [3.8, 4) is 0 Å². The van der Waals surface area contributed by atoms with E-state index in [1.807, 2.05) is 0 Å². The lowest BCUT2D eigenvalue weighted by molar-refractivity contribution is -0.238. The quantitative estimate of drug-likeness (QED) is 0.527. The Bertz CT molecular complexity index is 652. The van der Waals surface area contributed by atoms with Gasteiger partial charge in [-0.15, -0.1) is 0 Å². The van der Waals surface area contributed by atoms with Gasteiger partial charge in [0.25, 0.3) is 0 Å². The van der Waals surface area contributed by atoms with E-state index < -0.39 is 52.2 Å². The van der Waals surface area contributed by atoms with Crippen molar-refractivity contribution >= 4 is 17.9 Å². The Labute approximate surface area is 172 Å². The summed E-state index contributed by atoms with van der Waals surface area (Å²) in [5, 5.41) is 11.2. The molecule has 29 heavy (non-hydrogen) atoms. The van der Waals surface area contributed by atoms with E-state index >= 15 is 0 Å². The fraction of sp³-hybridized carbons (Fsp3) is 0.850. The van der Waals surface area contributed by atoms with Gasteiger partial charge in [0, 0.05) is 0 Å². The van der Waals surface area contributed by atoms with E-state index in [2.05, 4.69) is 0 Å². The third-order valence-electron chi connectivity index (χ3n) is 3.90. The average molecular weight is 418 g/mol. The Balaban J connectivity index is 3.67. The number of aliphatic hydroxyl groups is 1. The molecule has 0 aromatic heterocycles. The highest BCUT2D eigenvalue weighted by Gasteiger charge is 2.74. The number of carbonyl (C=O) groups excluding carboxylic acids is 3. The Morgan fingerprint density at radius 3 is 1.86 bits per heavy atom. The molecule has 0 saturated carbocycles. The van der Waals surface area contributed by atoms with Crippen LogP contribution >= 0.6 is 0 Å². The average Bonchev–Trinajstić information content (AvgIpc) is 2.77. The molecule has 9 heteroatoms. The highest BCUT2D eigenvalue weighted by atomic mass is 16.8. The van der Waals surface area contributed by atoms with E-state index in [0.717, 1.165) is 6.92 Å². The van der Waals surface area contributed by atoms with E-state index in [9.17, 15) is 19.5 Å². The van der Waals surface area contributed by atoms with Gasteiger partial charge in [0.15, 0.2) is 5.79 Å². The van der Waals surface area contributed by atoms with Crippen LogP contribution in [0.1, 0.15) is 69.2 Å². The summed E-state index contributed by atoms with van der Waals surface area (Å²) >= 11 is 0. The monoisotopic (exact) mass is 418 g/mol. The lowest BCUT2D eigenvalue weighted by Crippen LogP contribution is -2.70. The van der Waals surface area contributed by atoms with Crippen LogP contribution in [0.2, 0.25) is 0 Å². The first-order valence-corrected chi connectivity index (χ1v) is 9.53. The van der Waals surface area contributed by atoms with Gasteiger partial charge in [-0.3, -0.25) is 0 Å². The number of esters is 3. The molecular weight excluding hydrogens is 384 g/mol. The van der Waals surface area contributed by atoms with Crippen LogP contribution in [-0.4, -0.2) is 63.9 Å². The Morgan fingerprint density at radius 1 is 0.966 bits per heavy atom. The van der Waals surface area contributed by atoms with Crippen molar-refractivity contribution in [1.82, 2.24) is 0 Å². The van der Waals surface area contributed by atoms with Gasteiger partial charge in [0.1, 0.15) is 11.2 Å². The van der Waals surface area contributed by atoms with Crippen molar-refractivity contribution in [3.63, 3.8) is 0 Å². The first kappa shape index (κ1) is 25.3. The lowest BCUT2D eigenvalue weighted by Gasteiger charge is -2.41. The molecule has 3 atom stereocenters.